The summed E-state index contributed by atoms with van der Waals surface area (Å²) in [5.74, 6) is -0.907. The second-order valence-corrected chi connectivity index (χ2v) is 5.06. The van der Waals surface area contributed by atoms with Gasteiger partial charge in [0.1, 0.15) is 0 Å². The van der Waals surface area contributed by atoms with Gasteiger partial charge in [-0.2, -0.15) is 0 Å². The molecule has 1 aliphatic heterocycles. The van der Waals surface area contributed by atoms with Crippen molar-refractivity contribution in [3.8, 4) is 11.4 Å². The van der Waals surface area contributed by atoms with E-state index < -0.39 is 5.97 Å². The number of nitrogens with zero attached hydrogens (tertiary/aromatic N) is 2. The first kappa shape index (κ1) is 11.9. The molecule has 0 saturated carbocycles. The minimum absolute atomic E-state index is 0.304. The lowest BCUT2D eigenvalue weighted by Crippen LogP contribution is -2.00. The van der Waals surface area contributed by atoms with Crippen LogP contribution in [-0.2, 0) is 6.54 Å². The van der Waals surface area contributed by atoms with Crippen LogP contribution in [0.5, 0.6) is 0 Å². The fourth-order valence-corrected chi connectivity index (χ4v) is 2.83. The molecule has 0 unspecified atom stereocenters. The molecule has 1 N–H and O–H groups in total. The van der Waals surface area contributed by atoms with Gasteiger partial charge in [0, 0.05) is 29.2 Å². The Morgan fingerprint density at radius 3 is 3.00 bits per heavy atom. The van der Waals surface area contributed by atoms with E-state index in [0.717, 1.165) is 27.9 Å². The lowest BCUT2D eigenvalue weighted by Gasteiger charge is -2.07. The second kappa shape index (κ2) is 4.31. The highest BCUT2D eigenvalue weighted by molar-refractivity contribution is 5.96. The van der Waals surface area contributed by atoms with Crippen molar-refractivity contribution in [1.29, 1.82) is 0 Å². The van der Waals surface area contributed by atoms with Crippen molar-refractivity contribution in [2.24, 2.45) is 0 Å². The van der Waals surface area contributed by atoms with Gasteiger partial charge in [0.25, 0.3) is 0 Å². The Kier molecular flexibility index (Phi) is 2.44. The highest BCUT2D eigenvalue weighted by Gasteiger charge is 2.16. The predicted molar refractivity (Wildman–Crippen MR) is 81.2 cm³/mol. The third-order valence-electron chi connectivity index (χ3n) is 3.82. The SMILES string of the molecule is O=C(O)c1ccc2cc3n(c2c1)CC=Cc1cccnc1-3. The van der Waals surface area contributed by atoms with Crippen LogP contribution in [0.15, 0.2) is 48.7 Å². The summed E-state index contributed by atoms with van der Waals surface area (Å²) in [5, 5.41) is 10.2. The lowest BCUT2D eigenvalue weighted by molar-refractivity contribution is 0.0697. The van der Waals surface area contributed by atoms with Gasteiger partial charge in [0.05, 0.1) is 17.0 Å². The molecule has 3 aromatic rings. The number of carboxylic acid groups (broad SMARTS) is 1. The number of pyridine rings is 1. The number of benzene rings is 1. The molecule has 0 amide bonds. The molecule has 102 valence electrons. The van der Waals surface area contributed by atoms with Crippen molar-refractivity contribution < 1.29 is 9.90 Å². The van der Waals surface area contributed by atoms with Gasteiger partial charge < -0.3 is 9.67 Å². The standard InChI is InChI=1S/C17H12N2O2/c20-17(21)13-6-5-12-9-15-16-11(3-1-7-18-16)4-2-8-19(15)14(12)10-13/h1-7,9-10H,8H2,(H,20,21). The summed E-state index contributed by atoms with van der Waals surface area (Å²) in [4.78, 5) is 15.7. The lowest BCUT2D eigenvalue weighted by atomic mass is 10.1. The van der Waals surface area contributed by atoms with E-state index in [0.29, 0.717) is 12.1 Å². The average molecular weight is 276 g/mol. The van der Waals surface area contributed by atoms with Gasteiger partial charge in [-0.1, -0.05) is 24.3 Å². The highest BCUT2D eigenvalue weighted by Crippen LogP contribution is 2.32. The molecule has 0 aliphatic carbocycles. The number of fused-ring (bicyclic) bond motifs is 5. The Balaban J connectivity index is 2.05. The fraction of sp³-hybridized carbons (Fsp3) is 0.0588. The molecule has 0 saturated heterocycles. The van der Waals surface area contributed by atoms with Gasteiger partial charge in [-0.15, -0.1) is 0 Å². The zero-order chi connectivity index (χ0) is 14.4. The molecule has 1 aliphatic rings. The predicted octanol–water partition coefficient (Wildman–Crippen LogP) is 3.43. The number of allylic oxidation sites excluding steroid dienone is 1. The molecule has 0 atom stereocenters. The average Bonchev–Trinajstić information content (AvgIpc) is 2.75. The van der Waals surface area contributed by atoms with Crippen LogP contribution in [0.4, 0.5) is 0 Å². The molecule has 0 fully saturated rings. The zero-order valence-corrected chi connectivity index (χ0v) is 11.2. The van der Waals surface area contributed by atoms with E-state index in [4.69, 9.17) is 5.11 Å². The van der Waals surface area contributed by atoms with Gasteiger partial charge >= 0.3 is 5.97 Å². The molecule has 2 aromatic heterocycles. The maximum atomic E-state index is 11.2. The monoisotopic (exact) mass is 276 g/mol. The van der Waals surface area contributed by atoms with E-state index in [-0.39, 0.29) is 0 Å². The summed E-state index contributed by atoms with van der Waals surface area (Å²) in [6.45, 7) is 0.707. The molecule has 0 bridgehead atoms. The molecule has 4 heteroatoms. The Morgan fingerprint density at radius 2 is 2.14 bits per heavy atom. The van der Waals surface area contributed by atoms with Crippen LogP contribution in [0, 0.1) is 0 Å². The van der Waals surface area contributed by atoms with E-state index in [9.17, 15) is 4.79 Å². The van der Waals surface area contributed by atoms with E-state index in [1.54, 1.807) is 18.3 Å². The third-order valence-corrected chi connectivity index (χ3v) is 3.82. The molecule has 0 spiro atoms. The molecular weight excluding hydrogens is 264 g/mol. The summed E-state index contributed by atoms with van der Waals surface area (Å²) in [6.07, 6.45) is 5.91. The van der Waals surface area contributed by atoms with Crippen molar-refractivity contribution in [3.05, 3.63) is 59.8 Å². The molecule has 4 rings (SSSR count). The van der Waals surface area contributed by atoms with Crippen LogP contribution in [0.2, 0.25) is 0 Å². The molecule has 3 heterocycles. The van der Waals surface area contributed by atoms with Gasteiger partial charge in [-0.25, -0.2) is 4.79 Å². The van der Waals surface area contributed by atoms with Crippen LogP contribution in [0.1, 0.15) is 15.9 Å². The van der Waals surface area contributed by atoms with Crippen LogP contribution >= 0.6 is 0 Å². The van der Waals surface area contributed by atoms with E-state index >= 15 is 0 Å². The first-order valence-corrected chi connectivity index (χ1v) is 6.72. The Hall–Kier alpha value is -2.88. The number of rotatable bonds is 1. The maximum Gasteiger partial charge on any atom is 0.335 e. The summed E-state index contributed by atoms with van der Waals surface area (Å²) in [7, 11) is 0. The third kappa shape index (κ3) is 1.76. The molecule has 4 nitrogen and oxygen atoms in total. The topological polar surface area (TPSA) is 55.1 Å². The molecular formula is C17H12N2O2. The smallest absolute Gasteiger partial charge is 0.335 e. The second-order valence-electron chi connectivity index (χ2n) is 5.06. The normalized spacial score (nSPS) is 12.8. The minimum Gasteiger partial charge on any atom is -0.478 e. The van der Waals surface area contributed by atoms with Crippen molar-refractivity contribution in [1.82, 2.24) is 9.55 Å². The maximum absolute atomic E-state index is 11.2. The first-order valence-electron chi connectivity index (χ1n) is 6.72. The molecule has 21 heavy (non-hydrogen) atoms. The number of hydrogen-bond acceptors (Lipinski definition) is 2. The van der Waals surface area contributed by atoms with Gasteiger partial charge in [0.15, 0.2) is 0 Å². The van der Waals surface area contributed by atoms with Crippen LogP contribution in [0.25, 0.3) is 28.4 Å². The van der Waals surface area contributed by atoms with Crippen molar-refractivity contribution in [3.63, 3.8) is 0 Å². The molecule has 1 aromatic carbocycles. The van der Waals surface area contributed by atoms with Gasteiger partial charge in [-0.05, 0) is 24.3 Å². The summed E-state index contributed by atoms with van der Waals surface area (Å²) in [6, 6.07) is 11.2. The largest absolute Gasteiger partial charge is 0.478 e. The summed E-state index contributed by atoms with van der Waals surface area (Å²) < 4.78 is 2.11. The number of hydrogen-bond donors (Lipinski definition) is 1. The number of aromatic carboxylic acids is 1. The van der Waals surface area contributed by atoms with E-state index in [1.165, 1.54) is 0 Å². The van der Waals surface area contributed by atoms with Crippen LogP contribution in [-0.4, -0.2) is 20.6 Å². The number of aromatic nitrogens is 2. The van der Waals surface area contributed by atoms with Crippen molar-refractivity contribution in [2.75, 3.05) is 0 Å². The minimum atomic E-state index is -0.907. The Bertz CT molecular complexity index is 906. The van der Waals surface area contributed by atoms with Gasteiger partial charge in [-0.3, -0.25) is 4.98 Å². The number of carbonyl (C=O) groups is 1. The Morgan fingerprint density at radius 1 is 1.24 bits per heavy atom. The van der Waals surface area contributed by atoms with Gasteiger partial charge in [0.2, 0.25) is 0 Å². The van der Waals surface area contributed by atoms with Crippen molar-refractivity contribution in [2.45, 2.75) is 6.54 Å². The van der Waals surface area contributed by atoms with Crippen LogP contribution < -0.4 is 0 Å². The van der Waals surface area contributed by atoms with E-state index in [2.05, 4.69) is 27.8 Å². The quantitative estimate of drug-likeness (QED) is 0.740. The Labute approximate surface area is 121 Å². The summed E-state index contributed by atoms with van der Waals surface area (Å²) >= 11 is 0. The zero-order valence-electron chi connectivity index (χ0n) is 11.2. The summed E-state index contributed by atoms with van der Waals surface area (Å²) in [5.41, 5.74) is 4.26. The highest BCUT2D eigenvalue weighted by atomic mass is 16.4. The first-order chi connectivity index (χ1) is 10.2. The number of carboxylic acids is 1. The molecule has 0 radical (unpaired) electrons. The fourth-order valence-electron chi connectivity index (χ4n) is 2.83. The van der Waals surface area contributed by atoms with Crippen molar-refractivity contribution >= 4 is 22.9 Å². The van der Waals surface area contributed by atoms with E-state index in [1.807, 2.05) is 18.2 Å². The van der Waals surface area contributed by atoms with Crippen LogP contribution in [0.3, 0.4) is 0 Å².